The van der Waals surface area contributed by atoms with E-state index in [1.165, 1.54) is 18.2 Å². The Morgan fingerprint density at radius 2 is 2.25 bits per heavy atom. The standard InChI is InChI=1S/C13H14FNO/c1-3-10(6-7-15)13(16)12-5-4-11(14)8-9(12)2/h4-5,8,10H,3,6H2,1-2H3. The summed E-state index contributed by atoms with van der Waals surface area (Å²) in [5.74, 6) is -0.696. The summed E-state index contributed by atoms with van der Waals surface area (Å²) >= 11 is 0. The van der Waals surface area contributed by atoms with Crippen LogP contribution >= 0.6 is 0 Å². The molecule has 0 fully saturated rings. The van der Waals surface area contributed by atoms with Crippen LogP contribution in [-0.4, -0.2) is 5.78 Å². The van der Waals surface area contributed by atoms with Crippen molar-refractivity contribution in [3.05, 3.63) is 35.1 Å². The van der Waals surface area contributed by atoms with Crippen LogP contribution in [0.5, 0.6) is 0 Å². The minimum atomic E-state index is -0.345. The van der Waals surface area contributed by atoms with Gasteiger partial charge in [-0.05, 0) is 37.1 Å². The topological polar surface area (TPSA) is 40.9 Å². The zero-order valence-electron chi connectivity index (χ0n) is 9.46. The van der Waals surface area contributed by atoms with Crippen LogP contribution in [0.25, 0.3) is 0 Å². The number of carbonyl (C=O) groups excluding carboxylic acids is 1. The molecule has 0 heterocycles. The van der Waals surface area contributed by atoms with Gasteiger partial charge in [-0.15, -0.1) is 0 Å². The van der Waals surface area contributed by atoms with E-state index in [0.29, 0.717) is 17.5 Å². The van der Waals surface area contributed by atoms with Gasteiger partial charge in [-0.25, -0.2) is 4.39 Å². The Kier molecular flexibility index (Phi) is 4.19. The van der Waals surface area contributed by atoms with Crippen molar-refractivity contribution < 1.29 is 9.18 Å². The maximum Gasteiger partial charge on any atom is 0.167 e. The number of rotatable bonds is 4. The first-order chi connectivity index (χ1) is 7.60. The van der Waals surface area contributed by atoms with E-state index in [9.17, 15) is 9.18 Å². The van der Waals surface area contributed by atoms with E-state index in [1.807, 2.05) is 13.0 Å². The number of halogens is 1. The summed E-state index contributed by atoms with van der Waals surface area (Å²) in [4.78, 5) is 12.0. The van der Waals surface area contributed by atoms with Gasteiger partial charge in [0.1, 0.15) is 5.82 Å². The first-order valence-corrected chi connectivity index (χ1v) is 5.27. The number of hydrogen-bond acceptors (Lipinski definition) is 2. The fourth-order valence-electron chi connectivity index (χ4n) is 1.66. The Morgan fingerprint density at radius 1 is 1.56 bits per heavy atom. The van der Waals surface area contributed by atoms with Crippen LogP contribution in [0.1, 0.15) is 35.7 Å². The van der Waals surface area contributed by atoms with E-state index < -0.39 is 0 Å². The minimum absolute atomic E-state index is 0.0680. The lowest BCUT2D eigenvalue weighted by Crippen LogP contribution is -2.14. The quantitative estimate of drug-likeness (QED) is 0.729. The van der Waals surface area contributed by atoms with Crippen molar-refractivity contribution >= 4 is 5.78 Å². The van der Waals surface area contributed by atoms with Crippen molar-refractivity contribution in [2.75, 3.05) is 0 Å². The zero-order chi connectivity index (χ0) is 12.1. The third-order valence-corrected chi connectivity index (χ3v) is 2.66. The molecule has 0 saturated heterocycles. The molecule has 0 N–H and O–H groups in total. The highest BCUT2D eigenvalue weighted by Gasteiger charge is 2.19. The predicted molar refractivity (Wildman–Crippen MR) is 59.5 cm³/mol. The molecule has 1 aromatic rings. The lowest BCUT2D eigenvalue weighted by atomic mass is 9.91. The molecule has 16 heavy (non-hydrogen) atoms. The van der Waals surface area contributed by atoms with Gasteiger partial charge in [0.15, 0.2) is 5.78 Å². The first kappa shape index (κ1) is 12.4. The second-order valence-electron chi connectivity index (χ2n) is 3.79. The highest BCUT2D eigenvalue weighted by atomic mass is 19.1. The summed E-state index contributed by atoms with van der Waals surface area (Å²) in [5, 5.41) is 8.61. The highest BCUT2D eigenvalue weighted by Crippen LogP contribution is 2.19. The van der Waals surface area contributed by atoms with Gasteiger partial charge in [0.2, 0.25) is 0 Å². The monoisotopic (exact) mass is 219 g/mol. The van der Waals surface area contributed by atoms with Crippen LogP contribution in [0.4, 0.5) is 4.39 Å². The van der Waals surface area contributed by atoms with Gasteiger partial charge in [-0.2, -0.15) is 5.26 Å². The number of benzene rings is 1. The second kappa shape index (κ2) is 5.41. The molecule has 3 heteroatoms. The number of nitrogens with zero attached hydrogens (tertiary/aromatic N) is 1. The highest BCUT2D eigenvalue weighted by molar-refractivity contribution is 5.99. The summed E-state index contributed by atoms with van der Waals surface area (Å²) in [6, 6.07) is 6.12. The molecule has 0 bridgehead atoms. The molecule has 1 aromatic carbocycles. The van der Waals surface area contributed by atoms with Crippen LogP contribution in [0.2, 0.25) is 0 Å². The average molecular weight is 219 g/mol. The third-order valence-electron chi connectivity index (χ3n) is 2.66. The Labute approximate surface area is 94.7 Å². The summed E-state index contributed by atoms with van der Waals surface area (Å²) in [6.45, 7) is 3.58. The van der Waals surface area contributed by atoms with Crippen LogP contribution in [-0.2, 0) is 0 Å². The van der Waals surface area contributed by atoms with E-state index in [2.05, 4.69) is 0 Å². The SMILES string of the molecule is CCC(CC#N)C(=O)c1ccc(F)cc1C. The minimum Gasteiger partial charge on any atom is -0.294 e. The van der Waals surface area contributed by atoms with E-state index in [1.54, 1.807) is 6.92 Å². The third kappa shape index (κ3) is 2.66. The molecular formula is C13H14FNO. The lowest BCUT2D eigenvalue weighted by molar-refractivity contribution is 0.0918. The lowest BCUT2D eigenvalue weighted by Gasteiger charge is -2.11. The molecule has 1 atom stereocenters. The van der Waals surface area contributed by atoms with Gasteiger partial charge in [0.25, 0.3) is 0 Å². The maximum absolute atomic E-state index is 12.9. The van der Waals surface area contributed by atoms with Crippen LogP contribution in [0.15, 0.2) is 18.2 Å². The van der Waals surface area contributed by atoms with Gasteiger partial charge >= 0.3 is 0 Å². The second-order valence-corrected chi connectivity index (χ2v) is 3.79. The molecule has 0 aromatic heterocycles. The van der Waals surface area contributed by atoms with Crippen LogP contribution < -0.4 is 0 Å². The normalized spacial score (nSPS) is 11.9. The summed E-state index contributed by atoms with van der Waals surface area (Å²) in [7, 11) is 0. The fraction of sp³-hybridized carbons (Fsp3) is 0.385. The van der Waals surface area contributed by atoms with Gasteiger partial charge in [-0.3, -0.25) is 4.79 Å². The maximum atomic E-state index is 12.9. The molecule has 0 radical (unpaired) electrons. The van der Waals surface area contributed by atoms with Crippen molar-refractivity contribution in [1.29, 1.82) is 5.26 Å². The number of aryl methyl sites for hydroxylation is 1. The smallest absolute Gasteiger partial charge is 0.167 e. The van der Waals surface area contributed by atoms with Gasteiger partial charge in [0.05, 0.1) is 6.07 Å². The number of hydrogen-bond donors (Lipinski definition) is 0. The van der Waals surface area contributed by atoms with Crippen LogP contribution in [0, 0.1) is 30.0 Å². The van der Waals surface area contributed by atoms with Crippen LogP contribution in [0.3, 0.4) is 0 Å². The number of nitriles is 1. The number of carbonyl (C=O) groups is 1. The molecule has 1 unspecified atom stereocenters. The molecule has 1 rings (SSSR count). The predicted octanol–water partition coefficient (Wildman–Crippen LogP) is 3.26. The Balaban J connectivity index is 3.00. The average Bonchev–Trinajstić information content (AvgIpc) is 2.25. The molecule has 0 aliphatic heterocycles. The van der Waals surface area contributed by atoms with E-state index in [4.69, 9.17) is 5.26 Å². The molecule has 84 valence electrons. The summed E-state index contributed by atoms with van der Waals surface area (Å²) in [5.41, 5.74) is 1.14. The molecular weight excluding hydrogens is 205 g/mol. The largest absolute Gasteiger partial charge is 0.294 e. The first-order valence-electron chi connectivity index (χ1n) is 5.27. The van der Waals surface area contributed by atoms with Crippen molar-refractivity contribution in [1.82, 2.24) is 0 Å². The van der Waals surface area contributed by atoms with Gasteiger partial charge in [-0.1, -0.05) is 6.92 Å². The van der Waals surface area contributed by atoms with Gasteiger partial charge < -0.3 is 0 Å². The van der Waals surface area contributed by atoms with Crippen molar-refractivity contribution in [3.63, 3.8) is 0 Å². The van der Waals surface area contributed by atoms with Gasteiger partial charge in [0, 0.05) is 17.9 Å². The fourth-order valence-corrected chi connectivity index (χ4v) is 1.66. The molecule has 0 amide bonds. The van der Waals surface area contributed by atoms with E-state index >= 15 is 0 Å². The molecule has 0 aliphatic carbocycles. The number of Topliss-reactive ketones (excluding diaryl/α,β-unsaturated/α-hetero) is 1. The molecule has 0 aliphatic rings. The Morgan fingerprint density at radius 3 is 2.75 bits per heavy atom. The van der Waals surface area contributed by atoms with Crippen molar-refractivity contribution in [2.45, 2.75) is 26.7 Å². The molecule has 2 nitrogen and oxygen atoms in total. The number of ketones is 1. The molecule has 0 spiro atoms. The van der Waals surface area contributed by atoms with Crippen molar-refractivity contribution in [2.24, 2.45) is 5.92 Å². The summed E-state index contributed by atoms with van der Waals surface area (Å²) < 4.78 is 12.9. The van der Waals surface area contributed by atoms with E-state index in [0.717, 1.165) is 0 Å². The Hall–Kier alpha value is -1.69. The summed E-state index contributed by atoms with van der Waals surface area (Å²) in [6.07, 6.45) is 0.843. The van der Waals surface area contributed by atoms with E-state index in [-0.39, 0.29) is 23.9 Å². The molecule has 0 saturated carbocycles. The zero-order valence-corrected chi connectivity index (χ0v) is 9.46. The van der Waals surface area contributed by atoms with Crippen molar-refractivity contribution in [3.8, 4) is 6.07 Å². The Bertz CT molecular complexity index is 434.